The van der Waals surface area contributed by atoms with Crippen LogP contribution in [0.1, 0.15) is 18.1 Å². The van der Waals surface area contributed by atoms with E-state index in [2.05, 4.69) is 43.1 Å². The molecule has 62 valence electrons. The molecular weight excluding hydrogens is 146 g/mol. The molecule has 1 aromatic carbocycles. The first kappa shape index (κ1) is 7.56. The van der Waals surface area contributed by atoms with Crippen molar-refractivity contribution >= 4 is 0 Å². The first-order valence-corrected chi connectivity index (χ1v) is 4.23. The zero-order chi connectivity index (χ0) is 8.60. The van der Waals surface area contributed by atoms with Crippen LogP contribution in [0.4, 0.5) is 0 Å². The Labute approximate surface area is 73.1 Å². The van der Waals surface area contributed by atoms with E-state index in [1.165, 1.54) is 11.1 Å². The molecule has 2 rings (SSSR count). The second-order valence-corrected chi connectivity index (χ2v) is 3.42. The number of fused-ring (bicyclic) bond motifs is 1. The fraction of sp³-hybridized carbons (Fsp3) is 0.273. The summed E-state index contributed by atoms with van der Waals surface area (Å²) in [6, 6.07) is 8.48. The lowest BCUT2D eigenvalue weighted by Crippen LogP contribution is -2.30. The summed E-state index contributed by atoms with van der Waals surface area (Å²) >= 11 is 0. The number of nitrogens with one attached hydrogen (secondary N) is 1. The highest BCUT2D eigenvalue weighted by atomic mass is 15.0. The van der Waals surface area contributed by atoms with Gasteiger partial charge in [0, 0.05) is 6.54 Å². The summed E-state index contributed by atoms with van der Waals surface area (Å²) in [5.41, 5.74) is 2.73. The van der Waals surface area contributed by atoms with Gasteiger partial charge in [-0.15, -0.1) is 6.58 Å². The summed E-state index contributed by atoms with van der Waals surface area (Å²) in [4.78, 5) is 0. The summed E-state index contributed by atoms with van der Waals surface area (Å²) in [6.45, 7) is 6.97. The van der Waals surface area contributed by atoms with E-state index in [9.17, 15) is 0 Å². The topological polar surface area (TPSA) is 12.0 Å². The van der Waals surface area contributed by atoms with Crippen LogP contribution in [-0.2, 0) is 12.1 Å². The van der Waals surface area contributed by atoms with E-state index in [4.69, 9.17) is 0 Å². The van der Waals surface area contributed by atoms with E-state index in [1.807, 2.05) is 6.08 Å². The molecule has 0 aromatic heterocycles. The van der Waals surface area contributed by atoms with Gasteiger partial charge in [-0.25, -0.2) is 0 Å². The van der Waals surface area contributed by atoms with Gasteiger partial charge in [0.15, 0.2) is 0 Å². The van der Waals surface area contributed by atoms with Crippen LogP contribution in [0.5, 0.6) is 0 Å². The maximum Gasteiger partial charge on any atom is 0.0594 e. The molecule has 1 aromatic rings. The summed E-state index contributed by atoms with van der Waals surface area (Å²) in [5.74, 6) is 0. The number of rotatable bonds is 1. The Morgan fingerprint density at radius 1 is 1.50 bits per heavy atom. The first-order chi connectivity index (χ1) is 5.76. The first-order valence-electron chi connectivity index (χ1n) is 4.23. The lowest BCUT2D eigenvalue weighted by Gasteiger charge is -2.20. The molecule has 1 aliphatic heterocycles. The smallest absolute Gasteiger partial charge is 0.0594 e. The van der Waals surface area contributed by atoms with Gasteiger partial charge in [-0.1, -0.05) is 30.3 Å². The van der Waals surface area contributed by atoms with Gasteiger partial charge in [0.05, 0.1) is 5.54 Å². The Hall–Kier alpha value is -1.08. The van der Waals surface area contributed by atoms with Crippen molar-refractivity contribution in [3.63, 3.8) is 0 Å². The van der Waals surface area contributed by atoms with E-state index in [1.54, 1.807) is 0 Å². The molecule has 1 nitrogen and oxygen atoms in total. The summed E-state index contributed by atoms with van der Waals surface area (Å²) in [7, 11) is 0. The van der Waals surface area contributed by atoms with Crippen LogP contribution < -0.4 is 5.32 Å². The maximum atomic E-state index is 3.85. The number of hydrogen-bond acceptors (Lipinski definition) is 1. The third-order valence-electron chi connectivity index (χ3n) is 2.63. The van der Waals surface area contributed by atoms with E-state index in [0.717, 1.165) is 6.54 Å². The van der Waals surface area contributed by atoms with Gasteiger partial charge in [-0.3, -0.25) is 0 Å². The Balaban J connectivity index is 2.56. The van der Waals surface area contributed by atoms with Crippen molar-refractivity contribution in [3.05, 3.63) is 48.0 Å². The predicted octanol–water partition coefficient (Wildman–Crippen LogP) is 2.19. The van der Waals surface area contributed by atoms with Crippen LogP contribution in [-0.4, -0.2) is 0 Å². The minimum Gasteiger partial charge on any atom is -0.300 e. The fourth-order valence-corrected chi connectivity index (χ4v) is 1.74. The Bertz CT molecular complexity index is 317. The average molecular weight is 159 g/mol. The molecule has 1 unspecified atom stereocenters. The van der Waals surface area contributed by atoms with Gasteiger partial charge in [0.2, 0.25) is 0 Å². The third kappa shape index (κ3) is 0.901. The minimum absolute atomic E-state index is 0.0173. The molecule has 0 radical (unpaired) electrons. The zero-order valence-corrected chi connectivity index (χ0v) is 7.30. The second kappa shape index (κ2) is 2.46. The average Bonchev–Trinajstić information content (AvgIpc) is 2.46. The molecule has 1 aliphatic rings. The molecule has 0 spiro atoms. The SMILES string of the molecule is C=CC1(C)NCc2ccccc21. The van der Waals surface area contributed by atoms with Crippen molar-refractivity contribution < 1.29 is 0 Å². The normalized spacial score (nSPS) is 26.8. The number of benzene rings is 1. The van der Waals surface area contributed by atoms with Crippen molar-refractivity contribution in [2.45, 2.75) is 19.0 Å². The summed E-state index contributed by atoms with van der Waals surface area (Å²) in [5, 5.41) is 3.43. The van der Waals surface area contributed by atoms with Crippen LogP contribution in [0.15, 0.2) is 36.9 Å². The Kier molecular flexibility index (Phi) is 1.55. The molecule has 0 aliphatic carbocycles. The molecule has 0 saturated heterocycles. The van der Waals surface area contributed by atoms with Crippen molar-refractivity contribution in [1.29, 1.82) is 0 Å². The molecule has 1 heteroatoms. The lowest BCUT2D eigenvalue weighted by molar-refractivity contribution is 0.500. The highest BCUT2D eigenvalue weighted by Crippen LogP contribution is 2.30. The number of hydrogen-bond donors (Lipinski definition) is 1. The molecule has 1 N–H and O–H groups in total. The van der Waals surface area contributed by atoms with E-state index in [0.29, 0.717) is 0 Å². The Morgan fingerprint density at radius 2 is 2.25 bits per heavy atom. The highest BCUT2D eigenvalue weighted by Gasteiger charge is 2.29. The molecule has 0 fully saturated rings. The van der Waals surface area contributed by atoms with Gasteiger partial charge in [0.1, 0.15) is 0 Å². The quantitative estimate of drug-likeness (QED) is 0.619. The van der Waals surface area contributed by atoms with Gasteiger partial charge in [0.25, 0.3) is 0 Å². The molecule has 0 amide bonds. The molecule has 1 heterocycles. The molecular formula is C11H13N. The Morgan fingerprint density at radius 3 is 3.00 bits per heavy atom. The van der Waals surface area contributed by atoms with Crippen LogP contribution in [0.3, 0.4) is 0 Å². The van der Waals surface area contributed by atoms with Crippen LogP contribution >= 0.6 is 0 Å². The van der Waals surface area contributed by atoms with Gasteiger partial charge in [-0.2, -0.15) is 0 Å². The van der Waals surface area contributed by atoms with Crippen LogP contribution in [0.25, 0.3) is 0 Å². The monoisotopic (exact) mass is 159 g/mol. The minimum atomic E-state index is -0.0173. The van der Waals surface area contributed by atoms with Gasteiger partial charge < -0.3 is 5.32 Å². The van der Waals surface area contributed by atoms with Crippen LogP contribution in [0.2, 0.25) is 0 Å². The van der Waals surface area contributed by atoms with Crippen molar-refractivity contribution in [2.75, 3.05) is 0 Å². The van der Waals surface area contributed by atoms with Crippen LogP contribution in [0, 0.1) is 0 Å². The molecule has 1 atom stereocenters. The molecule has 0 saturated carbocycles. The maximum absolute atomic E-state index is 3.85. The largest absolute Gasteiger partial charge is 0.300 e. The highest BCUT2D eigenvalue weighted by molar-refractivity contribution is 5.40. The summed E-state index contributed by atoms with van der Waals surface area (Å²) in [6.07, 6.45) is 1.97. The lowest BCUT2D eigenvalue weighted by atomic mass is 9.93. The standard InChI is InChI=1S/C11H13N/c1-3-11(2)10-7-5-4-6-9(10)8-12-11/h3-7,12H,1,8H2,2H3. The van der Waals surface area contributed by atoms with Gasteiger partial charge in [-0.05, 0) is 18.1 Å². The fourth-order valence-electron chi connectivity index (χ4n) is 1.74. The van der Waals surface area contributed by atoms with E-state index in [-0.39, 0.29) is 5.54 Å². The summed E-state index contributed by atoms with van der Waals surface area (Å²) < 4.78 is 0. The van der Waals surface area contributed by atoms with E-state index < -0.39 is 0 Å². The molecule has 12 heavy (non-hydrogen) atoms. The third-order valence-corrected chi connectivity index (χ3v) is 2.63. The zero-order valence-electron chi connectivity index (χ0n) is 7.30. The van der Waals surface area contributed by atoms with E-state index >= 15 is 0 Å². The molecule has 0 bridgehead atoms. The second-order valence-electron chi connectivity index (χ2n) is 3.42. The predicted molar refractivity (Wildman–Crippen MR) is 50.8 cm³/mol. The van der Waals surface area contributed by atoms with Crippen molar-refractivity contribution in [3.8, 4) is 0 Å². The van der Waals surface area contributed by atoms with Crippen molar-refractivity contribution in [1.82, 2.24) is 5.32 Å². The van der Waals surface area contributed by atoms with Gasteiger partial charge >= 0.3 is 0 Å². The van der Waals surface area contributed by atoms with Crippen molar-refractivity contribution in [2.24, 2.45) is 0 Å².